The second-order valence-corrected chi connectivity index (χ2v) is 4.12. The lowest BCUT2D eigenvalue weighted by atomic mass is 10.2. The van der Waals surface area contributed by atoms with Crippen molar-refractivity contribution in [2.75, 3.05) is 36.8 Å². The molecular formula is C11H17N5O2. The number of nitrogens with two attached hydrogens (primary N) is 1. The number of rotatable bonds is 3. The Balaban J connectivity index is 2.12. The second kappa shape index (κ2) is 5.63. The summed E-state index contributed by atoms with van der Waals surface area (Å²) in [5.41, 5.74) is 7.29. The SMILES string of the molecule is CC(=O)OCc1cc(N2CCNCC2)c(N)nn1. The Morgan fingerprint density at radius 3 is 2.89 bits per heavy atom. The van der Waals surface area contributed by atoms with Crippen molar-refractivity contribution in [3.8, 4) is 0 Å². The average Bonchev–Trinajstić information content (AvgIpc) is 2.38. The second-order valence-electron chi connectivity index (χ2n) is 4.12. The molecule has 2 rings (SSSR count). The lowest BCUT2D eigenvalue weighted by Gasteiger charge is -2.29. The number of carbonyl (C=O) groups is 1. The third-order valence-corrected chi connectivity index (χ3v) is 2.73. The summed E-state index contributed by atoms with van der Waals surface area (Å²) in [7, 11) is 0. The van der Waals surface area contributed by atoms with E-state index in [1.807, 2.05) is 6.07 Å². The molecule has 1 aliphatic heterocycles. The first-order valence-corrected chi connectivity index (χ1v) is 5.88. The highest BCUT2D eigenvalue weighted by atomic mass is 16.5. The Bertz CT molecular complexity index is 431. The lowest BCUT2D eigenvalue weighted by Crippen LogP contribution is -2.44. The molecule has 2 heterocycles. The van der Waals surface area contributed by atoms with Gasteiger partial charge < -0.3 is 20.7 Å². The van der Waals surface area contributed by atoms with Crippen LogP contribution >= 0.6 is 0 Å². The van der Waals surface area contributed by atoms with Crippen LogP contribution < -0.4 is 16.0 Å². The van der Waals surface area contributed by atoms with Gasteiger partial charge >= 0.3 is 5.97 Å². The highest BCUT2D eigenvalue weighted by molar-refractivity contribution is 5.66. The summed E-state index contributed by atoms with van der Waals surface area (Å²) in [6.07, 6.45) is 0. The minimum absolute atomic E-state index is 0.127. The number of hydrogen-bond acceptors (Lipinski definition) is 7. The average molecular weight is 251 g/mol. The number of nitrogen functional groups attached to an aromatic ring is 1. The van der Waals surface area contributed by atoms with Gasteiger partial charge in [0.1, 0.15) is 12.3 Å². The molecule has 3 N–H and O–H groups in total. The van der Waals surface area contributed by atoms with Crippen LogP contribution in [0.25, 0.3) is 0 Å². The number of carbonyl (C=O) groups excluding carboxylic acids is 1. The predicted octanol–water partition coefficient (Wildman–Crippen LogP) is -0.468. The Kier molecular flexibility index (Phi) is 3.93. The maximum absolute atomic E-state index is 10.8. The molecule has 18 heavy (non-hydrogen) atoms. The van der Waals surface area contributed by atoms with Gasteiger partial charge in [-0.15, -0.1) is 10.2 Å². The van der Waals surface area contributed by atoms with Gasteiger partial charge in [0.05, 0.1) is 5.69 Å². The normalized spacial score (nSPS) is 15.5. The number of hydrogen-bond donors (Lipinski definition) is 2. The molecule has 0 spiro atoms. The highest BCUT2D eigenvalue weighted by Gasteiger charge is 2.15. The smallest absolute Gasteiger partial charge is 0.303 e. The first-order chi connectivity index (χ1) is 8.66. The molecule has 98 valence electrons. The van der Waals surface area contributed by atoms with Crippen molar-refractivity contribution in [1.29, 1.82) is 0 Å². The minimum Gasteiger partial charge on any atom is -0.459 e. The van der Waals surface area contributed by atoms with Gasteiger partial charge in [0.25, 0.3) is 0 Å². The summed E-state index contributed by atoms with van der Waals surface area (Å²) in [5, 5.41) is 11.1. The topological polar surface area (TPSA) is 93.4 Å². The summed E-state index contributed by atoms with van der Waals surface area (Å²) in [6.45, 7) is 5.08. The van der Waals surface area contributed by atoms with Crippen molar-refractivity contribution in [2.45, 2.75) is 13.5 Å². The van der Waals surface area contributed by atoms with Crippen LogP contribution in [0.1, 0.15) is 12.6 Å². The molecule has 7 nitrogen and oxygen atoms in total. The van der Waals surface area contributed by atoms with E-state index < -0.39 is 0 Å². The van der Waals surface area contributed by atoms with Gasteiger partial charge in [-0.3, -0.25) is 4.79 Å². The number of ether oxygens (including phenoxy) is 1. The molecule has 0 atom stereocenters. The van der Waals surface area contributed by atoms with Gasteiger partial charge in [-0.2, -0.15) is 0 Å². The fourth-order valence-corrected chi connectivity index (χ4v) is 1.84. The van der Waals surface area contributed by atoms with Crippen LogP contribution in [-0.4, -0.2) is 42.3 Å². The fraction of sp³-hybridized carbons (Fsp3) is 0.545. The number of anilines is 2. The summed E-state index contributed by atoms with van der Waals surface area (Å²) in [6, 6.07) is 1.83. The quantitative estimate of drug-likeness (QED) is 0.701. The standard InChI is InChI=1S/C11H17N5O2/c1-8(17)18-7-9-6-10(11(12)15-14-9)16-4-2-13-3-5-16/h6,13H,2-5,7H2,1H3,(H2,12,15). The summed E-state index contributed by atoms with van der Waals surface area (Å²) < 4.78 is 4.90. The Morgan fingerprint density at radius 1 is 1.50 bits per heavy atom. The van der Waals surface area contributed by atoms with E-state index in [2.05, 4.69) is 20.4 Å². The minimum atomic E-state index is -0.336. The number of nitrogens with one attached hydrogen (secondary N) is 1. The van der Waals surface area contributed by atoms with Crippen LogP contribution in [0.4, 0.5) is 11.5 Å². The van der Waals surface area contributed by atoms with Crippen LogP contribution in [0.3, 0.4) is 0 Å². The number of aromatic nitrogens is 2. The largest absolute Gasteiger partial charge is 0.459 e. The molecule has 1 aromatic rings. The Morgan fingerprint density at radius 2 is 2.22 bits per heavy atom. The Hall–Kier alpha value is -1.89. The van der Waals surface area contributed by atoms with Gasteiger partial charge in [0.2, 0.25) is 0 Å². The maximum Gasteiger partial charge on any atom is 0.303 e. The van der Waals surface area contributed by atoms with Gasteiger partial charge in [0.15, 0.2) is 5.82 Å². The molecule has 1 aliphatic rings. The third-order valence-electron chi connectivity index (χ3n) is 2.73. The van der Waals surface area contributed by atoms with Crippen LogP contribution in [0.5, 0.6) is 0 Å². The van der Waals surface area contributed by atoms with Crippen molar-refractivity contribution >= 4 is 17.5 Å². The van der Waals surface area contributed by atoms with E-state index in [0.29, 0.717) is 11.5 Å². The van der Waals surface area contributed by atoms with Gasteiger partial charge in [-0.1, -0.05) is 0 Å². The van der Waals surface area contributed by atoms with E-state index in [1.165, 1.54) is 6.92 Å². The van der Waals surface area contributed by atoms with E-state index >= 15 is 0 Å². The molecule has 0 aliphatic carbocycles. The number of esters is 1. The van der Waals surface area contributed by atoms with E-state index in [1.54, 1.807) is 0 Å². The number of piperazine rings is 1. The van der Waals surface area contributed by atoms with E-state index in [4.69, 9.17) is 10.5 Å². The fourth-order valence-electron chi connectivity index (χ4n) is 1.84. The summed E-state index contributed by atoms with van der Waals surface area (Å²) >= 11 is 0. The zero-order chi connectivity index (χ0) is 13.0. The summed E-state index contributed by atoms with van der Waals surface area (Å²) in [5.74, 6) is 0.0702. The molecule has 0 bridgehead atoms. The van der Waals surface area contributed by atoms with Gasteiger partial charge in [-0.25, -0.2) is 0 Å². The number of nitrogens with zero attached hydrogens (tertiary/aromatic N) is 3. The first kappa shape index (κ1) is 12.6. The van der Waals surface area contributed by atoms with Crippen molar-refractivity contribution in [3.63, 3.8) is 0 Å². The highest BCUT2D eigenvalue weighted by Crippen LogP contribution is 2.21. The van der Waals surface area contributed by atoms with E-state index in [0.717, 1.165) is 31.9 Å². The van der Waals surface area contributed by atoms with Crippen molar-refractivity contribution in [3.05, 3.63) is 11.8 Å². The molecular weight excluding hydrogens is 234 g/mol. The van der Waals surface area contributed by atoms with Crippen molar-refractivity contribution in [1.82, 2.24) is 15.5 Å². The van der Waals surface area contributed by atoms with E-state index in [-0.39, 0.29) is 12.6 Å². The summed E-state index contributed by atoms with van der Waals surface area (Å²) in [4.78, 5) is 12.9. The molecule has 1 saturated heterocycles. The molecule has 1 fully saturated rings. The van der Waals surface area contributed by atoms with E-state index in [9.17, 15) is 4.79 Å². The van der Waals surface area contributed by atoms with Gasteiger partial charge in [-0.05, 0) is 6.07 Å². The molecule has 0 unspecified atom stereocenters. The third kappa shape index (κ3) is 3.07. The van der Waals surface area contributed by atoms with Crippen LogP contribution in [0.15, 0.2) is 6.07 Å². The predicted molar refractivity (Wildman–Crippen MR) is 67.0 cm³/mol. The lowest BCUT2D eigenvalue weighted by molar-refractivity contribution is -0.142. The van der Waals surface area contributed by atoms with Crippen molar-refractivity contribution < 1.29 is 9.53 Å². The van der Waals surface area contributed by atoms with Crippen LogP contribution in [-0.2, 0) is 16.1 Å². The van der Waals surface area contributed by atoms with Crippen LogP contribution in [0.2, 0.25) is 0 Å². The zero-order valence-corrected chi connectivity index (χ0v) is 10.3. The van der Waals surface area contributed by atoms with Gasteiger partial charge in [0, 0.05) is 33.1 Å². The molecule has 0 aromatic carbocycles. The molecule has 0 amide bonds. The van der Waals surface area contributed by atoms with Crippen molar-refractivity contribution in [2.24, 2.45) is 0 Å². The van der Waals surface area contributed by atoms with Crippen LogP contribution in [0, 0.1) is 0 Å². The monoisotopic (exact) mass is 251 g/mol. The maximum atomic E-state index is 10.8. The first-order valence-electron chi connectivity index (χ1n) is 5.88. The molecule has 0 radical (unpaired) electrons. The Labute approximate surface area is 105 Å². The molecule has 0 saturated carbocycles. The molecule has 1 aromatic heterocycles. The molecule has 7 heteroatoms. The zero-order valence-electron chi connectivity index (χ0n) is 10.3.